The van der Waals surface area contributed by atoms with Gasteiger partial charge in [-0.3, -0.25) is 9.69 Å². The van der Waals surface area contributed by atoms with Crippen molar-refractivity contribution < 1.29 is 4.79 Å². The van der Waals surface area contributed by atoms with Crippen LogP contribution in [-0.2, 0) is 4.79 Å². The highest BCUT2D eigenvalue weighted by atomic mass is 35.5. The Labute approximate surface area is 122 Å². The molecule has 3 aliphatic rings. The van der Waals surface area contributed by atoms with Gasteiger partial charge in [0.1, 0.15) is 0 Å². The maximum Gasteiger partial charge on any atom is 0.239 e. The minimum Gasteiger partial charge on any atom is -0.341 e. The highest BCUT2D eigenvalue weighted by molar-refractivity contribution is 5.85. The minimum absolute atomic E-state index is 0. The van der Waals surface area contributed by atoms with E-state index in [4.69, 9.17) is 0 Å². The minimum atomic E-state index is 0. The van der Waals surface area contributed by atoms with Crippen LogP contribution >= 0.6 is 12.4 Å². The number of carbonyl (C=O) groups excluding carboxylic acids is 1. The van der Waals surface area contributed by atoms with Crippen molar-refractivity contribution in [2.75, 3.05) is 39.3 Å². The third-order valence-corrected chi connectivity index (χ3v) is 4.99. The average Bonchev–Trinajstić information content (AvgIpc) is 2.99. The Balaban J connectivity index is 0.00000133. The Morgan fingerprint density at radius 1 is 1.11 bits per heavy atom. The summed E-state index contributed by atoms with van der Waals surface area (Å²) < 4.78 is 0. The van der Waals surface area contributed by atoms with Crippen molar-refractivity contribution in [3.63, 3.8) is 0 Å². The van der Waals surface area contributed by atoms with Crippen molar-refractivity contribution in [3.05, 3.63) is 0 Å². The van der Waals surface area contributed by atoms with Gasteiger partial charge in [-0.15, -0.1) is 12.4 Å². The normalized spacial score (nSPS) is 32.8. The molecule has 19 heavy (non-hydrogen) atoms. The molecule has 3 aliphatic heterocycles. The topological polar surface area (TPSA) is 35.6 Å². The Kier molecular flexibility index (Phi) is 5.09. The number of fused-ring (bicyclic) bond motifs is 1. The lowest BCUT2D eigenvalue weighted by atomic mass is 10.0. The monoisotopic (exact) mass is 287 g/mol. The first-order chi connectivity index (χ1) is 8.75. The van der Waals surface area contributed by atoms with Gasteiger partial charge >= 0.3 is 0 Å². The van der Waals surface area contributed by atoms with Crippen molar-refractivity contribution >= 4 is 18.3 Å². The van der Waals surface area contributed by atoms with E-state index in [0.717, 1.165) is 51.1 Å². The zero-order chi connectivity index (χ0) is 12.5. The van der Waals surface area contributed by atoms with Crippen molar-refractivity contribution in [1.29, 1.82) is 0 Å². The lowest BCUT2D eigenvalue weighted by Gasteiger charge is -2.33. The molecule has 1 unspecified atom stereocenters. The Morgan fingerprint density at radius 2 is 1.68 bits per heavy atom. The summed E-state index contributed by atoms with van der Waals surface area (Å²) in [5, 5.41) is 3.45. The lowest BCUT2D eigenvalue weighted by Crippen LogP contribution is -2.48. The molecule has 3 atom stereocenters. The van der Waals surface area contributed by atoms with Crippen LogP contribution in [0.2, 0.25) is 0 Å². The summed E-state index contributed by atoms with van der Waals surface area (Å²) in [6, 6.07) is 0.0914. The summed E-state index contributed by atoms with van der Waals surface area (Å²) in [7, 11) is 0. The van der Waals surface area contributed by atoms with Crippen LogP contribution in [-0.4, -0.2) is 61.0 Å². The highest BCUT2D eigenvalue weighted by Gasteiger charge is 2.40. The number of rotatable bonds is 2. The maximum atomic E-state index is 12.5. The largest absolute Gasteiger partial charge is 0.341 e. The van der Waals surface area contributed by atoms with E-state index in [1.54, 1.807) is 0 Å². The van der Waals surface area contributed by atoms with E-state index in [1.165, 1.54) is 19.3 Å². The molecule has 1 amide bonds. The lowest BCUT2D eigenvalue weighted by molar-refractivity contribution is -0.137. The molecule has 0 radical (unpaired) electrons. The molecule has 0 aromatic heterocycles. The molecular formula is C14H26ClN3O. The Morgan fingerprint density at radius 3 is 2.26 bits per heavy atom. The fraction of sp³-hybridized carbons (Fsp3) is 0.929. The van der Waals surface area contributed by atoms with Crippen molar-refractivity contribution in [2.45, 2.75) is 32.2 Å². The van der Waals surface area contributed by atoms with E-state index in [9.17, 15) is 4.79 Å². The number of nitrogens with zero attached hydrogens (tertiary/aromatic N) is 2. The first kappa shape index (κ1) is 15.1. The van der Waals surface area contributed by atoms with E-state index < -0.39 is 0 Å². The maximum absolute atomic E-state index is 12.5. The number of nitrogens with one attached hydrogen (secondary N) is 1. The number of likely N-dealkylation sites (tertiary alicyclic amines) is 2. The first-order valence-corrected chi connectivity index (χ1v) is 7.49. The second-order valence-corrected chi connectivity index (χ2v) is 6.19. The van der Waals surface area contributed by atoms with Gasteiger partial charge in [0.05, 0.1) is 6.04 Å². The fourth-order valence-corrected chi connectivity index (χ4v) is 3.74. The average molecular weight is 288 g/mol. The molecule has 0 aromatic carbocycles. The van der Waals surface area contributed by atoms with E-state index in [2.05, 4.69) is 22.0 Å². The number of carbonyl (C=O) groups is 1. The molecule has 3 saturated heterocycles. The third kappa shape index (κ3) is 3.06. The molecule has 1 N–H and O–H groups in total. The van der Waals surface area contributed by atoms with Gasteiger partial charge in [-0.1, -0.05) is 0 Å². The van der Waals surface area contributed by atoms with Crippen LogP contribution in [0.25, 0.3) is 0 Å². The van der Waals surface area contributed by atoms with E-state index >= 15 is 0 Å². The standard InChI is InChI=1S/C14H25N3O.ClH/c1-11(14(18)16-5-3-2-4-6-16)17-9-12-7-15-8-13(12)10-17;/h11-13,15H,2-10H2,1H3;1H/t11?,12-,13+;. The van der Waals surface area contributed by atoms with Gasteiger partial charge in [-0.05, 0) is 51.1 Å². The van der Waals surface area contributed by atoms with Gasteiger partial charge in [-0.2, -0.15) is 0 Å². The molecule has 3 heterocycles. The SMILES string of the molecule is CC(C(=O)N1CCCCC1)N1C[C@H]2CNC[C@H]2C1.Cl. The summed E-state index contributed by atoms with van der Waals surface area (Å²) >= 11 is 0. The molecule has 0 bridgehead atoms. The zero-order valence-electron chi connectivity index (χ0n) is 11.8. The second-order valence-electron chi connectivity index (χ2n) is 6.19. The third-order valence-electron chi connectivity index (χ3n) is 4.99. The van der Waals surface area contributed by atoms with Crippen LogP contribution in [0.5, 0.6) is 0 Å². The summed E-state index contributed by atoms with van der Waals surface area (Å²) in [5.41, 5.74) is 0. The smallest absolute Gasteiger partial charge is 0.239 e. The van der Waals surface area contributed by atoms with Crippen LogP contribution in [0, 0.1) is 11.8 Å². The van der Waals surface area contributed by atoms with Gasteiger partial charge in [0.15, 0.2) is 0 Å². The molecule has 110 valence electrons. The summed E-state index contributed by atoms with van der Waals surface area (Å²) in [6.45, 7) is 8.57. The molecule has 5 heteroatoms. The summed E-state index contributed by atoms with van der Waals surface area (Å²) in [4.78, 5) is 17.0. The molecule has 0 spiro atoms. The van der Waals surface area contributed by atoms with Crippen molar-refractivity contribution in [3.8, 4) is 0 Å². The quantitative estimate of drug-likeness (QED) is 0.822. The Bertz CT molecular complexity index is 308. The van der Waals surface area contributed by atoms with Gasteiger partial charge < -0.3 is 10.2 Å². The number of halogens is 1. The van der Waals surface area contributed by atoms with E-state index in [0.29, 0.717) is 5.91 Å². The predicted octanol–water partition coefficient (Wildman–Crippen LogP) is 0.960. The van der Waals surface area contributed by atoms with E-state index in [1.807, 2.05) is 0 Å². The molecule has 4 nitrogen and oxygen atoms in total. The van der Waals surface area contributed by atoms with Gasteiger partial charge in [0.2, 0.25) is 5.91 Å². The molecule has 0 aliphatic carbocycles. The van der Waals surface area contributed by atoms with Gasteiger partial charge in [0.25, 0.3) is 0 Å². The van der Waals surface area contributed by atoms with Crippen LogP contribution in [0.15, 0.2) is 0 Å². The van der Waals surface area contributed by atoms with Crippen LogP contribution in [0.1, 0.15) is 26.2 Å². The number of hydrogen-bond donors (Lipinski definition) is 1. The second kappa shape index (κ2) is 6.42. The molecule has 3 fully saturated rings. The molecule has 3 rings (SSSR count). The molecule has 0 aromatic rings. The van der Waals surface area contributed by atoms with Crippen LogP contribution in [0.3, 0.4) is 0 Å². The highest BCUT2D eigenvalue weighted by Crippen LogP contribution is 2.28. The van der Waals surface area contributed by atoms with E-state index in [-0.39, 0.29) is 18.4 Å². The van der Waals surface area contributed by atoms with Crippen LogP contribution < -0.4 is 5.32 Å². The number of amides is 1. The van der Waals surface area contributed by atoms with Crippen LogP contribution in [0.4, 0.5) is 0 Å². The first-order valence-electron chi connectivity index (χ1n) is 7.49. The summed E-state index contributed by atoms with van der Waals surface area (Å²) in [6.07, 6.45) is 3.67. The van der Waals surface area contributed by atoms with Gasteiger partial charge in [0, 0.05) is 26.2 Å². The summed E-state index contributed by atoms with van der Waals surface area (Å²) in [5.74, 6) is 1.92. The molecular weight excluding hydrogens is 262 g/mol. The number of hydrogen-bond acceptors (Lipinski definition) is 3. The van der Waals surface area contributed by atoms with Crippen molar-refractivity contribution in [1.82, 2.24) is 15.1 Å². The predicted molar refractivity (Wildman–Crippen MR) is 78.6 cm³/mol. The fourth-order valence-electron chi connectivity index (χ4n) is 3.74. The Hall–Kier alpha value is -0.320. The zero-order valence-corrected chi connectivity index (χ0v) is 12.6. The van der Waals surface area contributed by atoms with Crippen molar-refractivity contribution in [2.24, 2.45) is 11.8 Å². The number of piperidine rings is 1. The van der Waals surface area contributed by atoms with Gasteiger partial charge in [-0.25, -0.2) is 0 Å². The molecule has 0 saturated carbocycles.